The topological polar surface area (TPSA) is 55.9 Å². The number of halogens is 2. The van der Waals surface area contributed by atoms with Crippen LogP contribution in [0.15, 0.2) is 70.5 Å². The van der Waals surface area contributed by atoms with Gasteiger partial charge in [0.05, 0.1) is 10.6 Å². The number of alkyl halides is 2. The normalized spacial score (nSPS) is 22.6. The summed E-state index contributed by atoms with van der Waals surface area (Å²) in [4.78, 5) is 4.59. The molecule has 1 aromatic rings. The monoisotopic (exact) mass is 426 g/mol. The van der Waals surface area contributed by atoms with Crippen LogP contribution in [0.2, 0.25) is 0 Å². The number of nitrogens with one attached hydrogen (secondary N) is 1. The van der Waals surface area contributed by atoms with Gasteiger partial charge in [0.1, 0.15) is 5.82 Å². The number of nitrogens with zero attached hydrogens (tertiary/aromatic N) is 3. The molecule has 0 radical (unpaired) electrons. The summed E-state index contributed by atoms with van der Waals surface area (Å²) < 4.78 is 26.4. The number of fused-ring (bicyclic) bond motifs is 1. The molecule has 1 aromatic carbocycles. The number of likely N-dealkylation sites (N-methyl/N-ethyl adjacent to an activating group) is 1. The molecule has 1 fully saturated rings. The number of benzene rings is 1. The minimum Gasteiger partial charge on any atom is -0.354 e. The molecular weight excluding hydrogens is 407 g/mol. The lowest BCUT2D eigenvalue weighted by Crippen LogP contribution is -2.48. The molecule has 9 heteroatoms. The van der Waals surface area contributed by atoms with Gasteiger partial charge in [0.15, 0.2) is 4.33 Å². The number of sulfonamides is 1. The highest BCUT2D eigenvalue weighted by Gasteiger charge is 2.40. The van der Waals surface area contributed by atoms with Crippen LogP contribution in [0.3, 0.4) is 0 Å². The minimum absolute atomic E-state index is 0.196. The first-order chi connectivity index (χ1) is 12.8. The van der Waals surface area contributed by atoms with Crippen molar-refractivity contribution >= 4 is 33.2 Å². The molecule has 0 atom stereocenters. The number of piperazine rings is 1. The fourth-order valence-corrected chi connectivity index (χ4v) is 4.99. The average molecular weight is 427 g/mol. The van der Waals surface area contributed by atoms with Crippen molar-refractivity contribution in [2.75, 3.05) is 33.2 Å². The number of allylic oxidation sites excluding steroid dienone is 3. The van der Waals surface area contributed by atoms with Crippen LogP contribution in [0, 0.1) is 0 Å². The van der Waals surface area contributed by atoms with Gasteiger partial charge < -0.3 is 9.80 Å². The lowest BCUT2D eigenvalue weighted by Gasteiger charge is -2.35. The van der Waals surface area contributed by atoms with E-state index in [1.54, 1.807) is 48.6 Å². The molecule has 2 heterocycles. The van der Waals surface area contributed by atoms with Crippen LogP contribution in [0.25, 0.3) is 0 Å². The van der Waals surface area contributed by atoms with E-state index in [4.69, 9.17) is 23.2 Å². The quantitative estimate of drug-likeness (QED) is 0.751. The summed E-state index contributed by atoms with van der Waals surface area (Å²) in [6.07, 6.45) is 5.00. The zero-order chi connectivity index (χ0) is 19.2. The van der Waals surface area contributed by atoms with Crippen LogP contribution in [0.1, 0.15) is 0 Å². The molecule has 144 valence electrons. The molecule has 0 amide bonds. The van der Waals surface area contributed by atoms with E-state index in [-0.39, 0.29) is 4.90 Å². The lowest BCUT2D eigenvalue weighted by atomic mass is 10.1. The van der Waals surface area contributed by atoms with E-state index in [0.29, 0.717) is 5.70 Å². The Morgan fingerprint density at radius 2 is 1.74 bits per heavy atom. The standard InChI is InChI=1S/C18H20Cl2N4O2S/c1-22-9-11-23(12-10-22)17-15-7-8-18(19,20)13-16(15)24(21-17)27(25,26)14-5-3-2-4-6-14/h2-8,13,21H,9-12H2,1H3. The second-order valence-corrected chi connectivity index (χ2v) is 10.0. The van der Waals surface area contributed by atoms with Crippen molar-refractivity contribution in [2.24, 2.45) is 0 Å². The van der Waals surface area contributed by atoms with Gasteiger partial charge in [0, 0.05) is 31.8 Å². The molecule has 0 spiro atoms. The predicted molar refractivity (Wildman–Crippen MR) is 106 cm³/mol. The van der Waals surface area contributed by atoms with Crippen molar-refractivity contribution in [3.05, 3.63) is 65.7 Å². The molecule has 1 saturated heterocycles. The third kappa shape index (κ3) is 3.45. The van der Waals surface area contributed by atoms with Crippen molar-refractivity contribution in [1.82, 2.24) is 19.6 Å². The van der Waals surface area contributed by atoms with Gasteiger partial charge in [-0.25, -0.2) is 0 Å². The molecular formula is C18H20Cl2N4O2S. The molecule has 0 aromatic heterocycles. The predicted octanol–water partition coefficient (Wildman–Crippen LogP) is 2.28. The molecule has 1 N–H and O–H groups in total. The smallest absolute Gasteiger partial charge is 0.281 e. The largest absolute Gasteiger partial charge is 0.354 e. The average Bonchev–Trinajstić information content (AvgIpc) is 3.01. The molecule has 3 aliphatic rings. The molecule has 4 rings (SSSR count). The van der Waals surface area contributed by atoms with Gasteiger partial charge in [-0.1, -0.05) is 41.4 Å². The maximum atomic E-state index is 13.2. The number of hydrogen-bond donors (Lipinski definition) is 1. The second kappa shape index (κ2) is 6.74. The summed E-state index contributed by atoms with van der Waals surface area (Å²) >= 11 is 12.5. The van der Waals surface area contributed by atoms with Crippen LogP contribution in [0.4, 0.5) is 0 Å². The van der Waals surface area contributed by atoms with E-state index >= 15 is 0 Å². The first-order valence-corrected chi connectivity index (χ1v) is 10.8. The number of rotatable bonds is 3. The van der Waals surface area contributed by atoms with Crippen molar-refractivity contribution < 1.29 is 8.42 Å². The molecule has 1 aliphatic carbocycles. The molecule has 2 aliphatic heterocycles. The van der Waals surface area contributed by atoms with E-state index < -0.39 is 14.4 Å². The minimum atomic E-state index is -3.82. The van der Waals surface area contributed by atoms with Crippen LogP contribution in [0.5, 0.6) is 0 Å². The first kappa shape index (κ1) is 18.7. The molecule has 27 heavy (non-hydrogen) atoms. The molecule has 0 saturated carbocycles. The van der Waals surface area contributed by atoms with E-state index in [1.807, 2.05) is 0 Å². The zero-order valence-electron chi connectivity index (χ0n) is 14.8. The van der Waals surface area contributed by atoms with Gasteiger partial charge in [-0.15, -0.1) is 0 Å². The van der Waals surface area contributed by atoms with E-state index in [1.165, 1.54) is 4.41 Å². The van der Waals surface area contributed by atoms with Gasteiger partial charge in [-0.3, -0.25) is 5.43 Å². The van der Waals surface area contributed by atoms with Gasteiger partial charge in [-0.2, -0.15) is 12.8 Å². The van der Waals surface area contributed by atoms with Gasteiger partial charge in [0.2, 0.25) is 0 Å². The SMILES string of the molecule is CN1CCN(C2=C3C=CC(Cl)(Cl)C=C3N(S(=O)(=O)c3ccccc3)N2)CC1. The Balaban J connectivity index is 1.75. The highest BCUT2D eigenvalue weighted by molar-refractivity contribution is 7.89. The van der Waals surface area contributed by atoms with E-state index in [9.17, 15) is 8.42 Å². The third-order valence-electron chi connectivity index (χ3n) is 4.86. The summed E-state index contributed by atoms with van der Waals surface area (Å²) in [7, 11) is -1.74. The second-order valence-electron chi connectivity index (χ2n) is 6.78. The van der Waals surface area contributed by atoms with Crippen molar-refractivity contribution in [1.29, 1.82) is 0 Å². The summed E-state index contributed by atoms with van der Waals surface area (Å²) in [5, 5.41) is 0. The van der Waals surface area contributed by atoms with Crippen molar-refractivity contribution in [2.45, 2.75) is 9.23 Å². The lowest BCUT2D eigenvalue weighted by molar-refractivity contribution is 0.172. The zero-order valence-corrected chi connectivity index (χ0v) is 17.1. The van der Waals surface area contributed by atoms with Gasteiger partial charge in [0.25, 0.3) is 10.0 Å². The van der Waals surface area contributed by atoms with Gasteiger partial charge >= 0.3 is 0 Å². The van der Waals surface area contributed by atoms with Crippen molar-refractivity contribution in [3.63, 3.8) is 0 Å². The Kier molecular flexibility index (Phi) is 4.66. The Bertz CT molecular complexity index is 933. The highest BCUT2D eigenvalue weighted by atomic mass is 35.5. The summed E-state index contributed by atoms with van der Waals surface area (Å²) in [5.74, 6) is 0.758. The Labute approximate surface area is 169 Å². The Hall–Kier alpha value is -1.67. The van der Waals surface area contributed by atoms with E-state index in [0.717, 1.165) is 37.6 Å². The Morgan fingerprint density at radius 1 is 1.07 bits per heavy atom. The van der Waals surface area contributed by atoms with Crippen LogP contribution in [-0.4, -0.2) is 60.2 Å². The molecule has 0 bridgehead atoms. The third-order valence-corrected chi connectivity index (χ3v) is 6.97. The Morgan fingerprint density at radius 3 is 2.41 bits per heavy atom. The van der Waals surface area contributed by atoms with E-state index in [2.05, 4.69) is 22.3 Å². The molecule has 0 unspecified atom stereocenters. The summed E-state index contributed by atoms with van der Waals surface area (Å²) in [5.41, 5.74) is 4.31. The first-order valence-electron chi connectivity index (χ1n) is 8.63. The summed E-state index contributed by atoms with van der Waals surface area (Å²) in [6, 6.07) is 8.31. The number of hydrogen-bond acceptors (Lipinski definition) is 5. The molecule has 6 nitrogen and oxygen atoms in total. The van der Waals surface area contributed by atoms with Crippen LogP contribution >= 0.6 is 23.2 Å². The fraction of sp³-hybridized carbons (Fsp3) is 0.333. The van der Waals surface area contributed by atoms with Crippen LogP contribution in [-0.2, 0) is 10.0 Å². The highest BCUT2D eigenvalue weighted by Crippen LogP contribution is 2.40. The maximum absolute atomic E-state index is 13.2. The number of hydrazine groups is 1. The van der Waals surface area contributed by atoms with Crippen molar-refractivity contribution in [3.8, 4) is 0 Å². The maximum Gasteiger partial charge on any atom is 0.281 e. The van der Waals surface area contributed by atoms with Crippen LogP contribution < -0.4 is 5.43 Å². The summed E-state index contributed by atoms with van der Waals surface area (Å²) in [6.45, 7) is 3.41. The van der Waals surface area contributed by atoms with Gasteiger partial charge in [-0.05, 0) is 37.4 Å². The fourth-order valence-electron chi connectivity index (χ4n) is 3.33.